The molecule has 5 heteroatoms. The maximum Gasteiger partial charge on any atom is 0.498 e. The molecule has 0 unspecified atom stereocenters. The summed E-state index contributed by atoms with van der Waals surface area (Å²) in [6, 6.07) is 20.8. The van der Waals surface area contributed by atoms with Gasteiger partial charge >= 0.3 is 7.12 Å². The van der Waals surface area contributed by atoms with E-state index < -0.39 is 18.3 Å². The van der Waals surface area contributed by atoms with Gasteiger partial charge in [0.1, 0.15) is 11.2 Å². The number of fused-ring (bicyclic) bond motifs is 6. The lowest BCUT2D eigenvalue weighted by atomic mass is 9.78. The van der Waals surface area contributed by atoms with E-state index in [4.69, 9.17) is 25.3 Å². The van der Waals surface area contributed by atoms with Gasteiger partial charge in [-0.25, -0.2) is 0 Å². The topological polar surface area (TPSA) is 31.6 Å². The molecule has 0 aliphatic carbocycles. The van der Waals surface area contributed by atoms with Crippen LogP contribution in [0, 0.1) is 0 Å². The molecule has 0 spiro atoms. The highest BCUT2D eigenvalue weighted by Crippen LogP contribution is 2.39. The number of rotatable bonds is 1. The van der Waals surface area contributed by atoms with Crippen molar-refractivity contribution in [2.45, 2.75) is 38.9 Å². The highest BCUT2D eigenvalue weighted by atomic mass is 35.5. The second kappa shape index (κ2) is 6.26. The van der Waals surface area contributed by atoms with Crippen LogP contribution in [-0.2, 0) is 9.31 Å². The number of benzene rings is 4. The third-order valence-corrected chi connectivity index (χ3v) is 7.19. The third-order valence-electron chi connectivity index (χ3n) is 6.95. The van der Waals surface area contributed by atoms with Crippen molar-refractivity contribution in [3.05, 3.63) is 65.7 Å². The molecule has 154 valence electrons. The average Bonchev–Trinajstić information content (AvgIpc) is 3.18. The minimum atomic E-state index is -0.466. The van der Waals surface area contributed by atoms with E-state index in [1.54, 1.807) is 0 Å². The molecule has 1 fully saturated rings. The summed E-state index contributed by atoms with van der Waals surface area (Å²) in [6.07, 6.45) is 0. The molecule has 6 rings (SSSR count). The molecular formula is C26H22BClO3. The second-order valence-corrected chi connectivity index (χ2v) is 9.85. The first-order valence-corrected chi connectivity index (χ1v) is 10.9. The maximum atomic E-state index is 6.43. The van der Waals surface area contributed by atoms with Crippen molar-refractivity contribution in [1.82, 2.24) is 0 Å². The van der Waals surface area contributed by atoms with Gasteiger partial charge in [0.2, 0.25) is 0 Å². The Morgan fingerprint density at radius 1 is 0.710 bits per heavy atom. The summed E-state index contributed by atoms with van der Waals surface area (Å²) in [4.78, 5) is 0. The fraction of sp³-hybridized carbons (Fsp3) is 0.231. The van der Waals surface area contributed by atoms with Crippen LogP contribution >= 0.6 is 11.6 Å². The molecule has 3 nitrogen and oxygen atoms in total. The molecule has 0 radical (unpaired) electrons. The van der Waals surface area contributed by atoms with Gasteiger partial charge in [-0.05, 0) is 73.5 Å². The standard InChI is InChI=1S/C26H22BClO3/c1-25(2)26(3,4)31-27(30-25)22-7-5-6-19-21-13-16-9-8-15-12-17(28)10-11-18(15)20(16)14-23(21)29-24(19)22/h5-14H,1-4H3. The lowest BCUT2D eigenvalue weighted by Crippen LogP contribution is -2.41. The van der Waals surface area contributed by atoms with Crippen LogP contribution in [0.1, 0.15) is 27.7 Å². The smallest absolute Gasteiger partial charge is 0.456 e. The Bertz CT molecular complexity index is 1500. The van der Waals surface area contributed by atoms with Crippen molar-refractivity contribution in [3.8, 4) is 0 Å². The fourth-order valence-corrected chi connectivity index (χ4v) is 4.69. The number of hydrogen-bond donors (Lipinski definition) is 0. The van der Waals surface area contributed by atoms with Crippen molar-refractivity contribution in [2.75, 3.05) is 0 Å². The van der Waals surface area contributed by atoms with Crippen molar-refractivity contribution in [3.63, 3.8) is 0 Å². The predicted molar refractivity (Wildman–Crippen MR) is 129 cm³/mol. The molecule has 1 aliphatic rings. The van der Waals surface area contributed by atoms with Crippen LogP contribution in [0.5, 0.6) is 0 Å². The van der Waals surface area contributed by atoms with E-state index in [1.165, 1.54) is 5.39 Å². The summed E-state index contributed by atoms with van der Waals surface area (Å²) in [5.74, 6) is 0. The van der Waals surface area contributed by atoms with Crippen LogP contribution in [0.2, 0.25) is 5.02 Å². The summed E-state index contributed by atoms with van der Waals surface area (Å²) >= 11 is 6.20. The van der Waals surface area contributed by atoms with Crippen LogP contribution in [-0.4, -0.2) is 18.3 Å². The Hall–Kier alpha value is -2.53. The van der Waals surface area contributed by atoms with Crippen LogP contribution in [0.4, 0.5) is 0 Å². The Labute approximate surface area is 186 Å². The zero-order chi connectivity index (χ0) is 21.5. The minimum absolute atomic E-state index is 0.402. The van der Waals surface area contributed by atoms with E-state index in [2.05, 4.69) is 64.1 Å². The van der Waals surface area contributed by atoms with Gasteiger partial charge in [-0.2, -0.15) is 0 Å². The summed E-state index contributed by atoms with van der Waals surface area (Å²) in [7, 11) is -0.466. The molecule has 1 saturated heterocycles. The molecule has 0 amide bonds. The summed E-state index contributed by atoms with van der Waals surface area (Å²) in [5.41, 5.74) is 1.79. The Kier molecular flexibility index (Phi) is 3.87. The average molecular weight is 429 g/mol. The monoisotopic (exact) mass is 428 g/mol. The number of halogens is 1. The highest BCUT2D eigenvalue weighted by molar-refractivity contribution is 6.65. The van der Waals surface area contributed by atoms with Crippen molar-refractivity contribution in [2.24, 2.45) is 0 Å². The van der Waals surface area contributed by atoms with Gasteiger partial charge in [0, 0.05) is 21.3 Å². The Morgan fingerprint density at radius 3 is 2.16 bits per heavy atom. The lowest BCUT2D eigenvalue weighted by Gasteiger charge is -2.32. The van der Waals surface area contributed by atoms with Gasteiger partial charge in [0.15, 0.2) is 0 Å². The lowest BCUT2D eigenvalue weighted by molar-refractivity contribution is 0.00578. The number of furan rings is 1. The number of para-hydroxylation sites is 1. The number of hydrogen-bond acceptors (Lipinski definition) is 3. The van der Waals surface area contributed by atoms with E-state index in [0.717, 1.165) is 48.6 Å². The molecule has 1 aromatic heterocycles. The van der Waals surface area contributed by atoms with E-state index in [1.807, 2.05) is 24.3 Å². The van der Waals surface area contributed by atoms with Crippen molar-refractivity contribution in [1.29, 1.82) is 0 Å². The van der Waals surface area contributed by atoms with Crippen LogP contribution in [0.15, 0.2) is 65.1 Å². The van der Waals surface area contributed by atoms with Gasteiger partial charge in [-0.3, -0.25) is 0 Å². The molecule has 0 saturated carbocycles. The second-order valence-electron chi connectivity index (χ2n) is 9.41. The van der Waals surface area contributed by atoms with E-state index in [0.29, 0.717) is 0 Å². The summed E-state index contributed by atoms with van der Waals surface area (Å²) < 4.78 is 19.0. The quantitative estimate of drug-likeness (QED) is 0.216. The molecule has 0 atom stereocenters. The van der Waals surface area contributed by atoms with Gasteiger partial charge in [0.05, 0.1) is 11.2 Å². The molecule has 0 N–H and O–H groups in total. The summed E-state index contributed by atoms with van der Waals surface area (Å²) in [5, 5.41) is 7.51. The Balaban J connectivity index is 1.60. The predicted octanol–water partition coefficient (Wildman–Crippen LogP) is 6.85. The zero-order valence-electron chi connectivity index (χ0n) is 18.0. The first-order valence-electron chi connectivity index (χ1n) is 10.6. The van der Waals surface area contributed by atoms with Gasteiger partial charge in [-0.15, -0.1) is 0 Å². The largest absolute Gasteiger partial charge is 0.498 e. The Morgan fingerprint density at radius 2 is 1.42 bits per heavy atom. The SMILES string of the molecule is CC1(C)OB(c2cccc3c2oc2cc4c(ccc5cc(Cl)ccc54)cc23)OC1(C)C. The van der Waals surface area contributed by atoms with Crippen LogP contribution in [0.3, 0.4) is 0 Å². The molecule has 5 aromatic rings. The molecule has 4 aromatic carbocycles. The molecule has 0 bridgehead atoms. The van der Waals surface area contributed by atoms with Crippen LogP contribution in [0.25, 0.3) is 43.5 Å². The third kappa shape index (κ3) is 2.75. The fourth-order valence-electron chi connectivity index (χ4n) is 4.51. The van der Waals surface area contributed by atoms with E-state index in [9.17, 15) is 0 Å². The minimum Gasteiger partial charge on any atom is -0.456 e. The van der Waals surface area contributed by atoms with Crippen molar-refractivity contribution >= 4 is 67.7 Å². The van der Waals surface area contributed by atoms with Gasteiger partial charge in [0.25, 0.3) is 0 Å². The van der Waals surface area contributed by atoms with Crippen molar-refractivity contribution < 1.29 is 13.7 Å². The van der Waals surface area contributed by atoms with Crippen LogP contribution < -0.4 is 5.46 Å². The molecule has 2 heterocycles. The normalized spacial score (nSPS) is 18.0. The first-order chi connectivity index (χ1) is 14.7. The zero-order valence-corrected chi connectivity index (χ0v) is 18.7. The molecule has 1 aliphatic heterocycles. The van der Waals surface area contributed by atoms with E-state index in [-0.39, 0.29) is 0 Å². The highest BCUT2D eigenvalue weighted by Gasteiger charge is 2.52. The molecule has 31 heavy (non-hydrogen) atoms. The maximum absolute atomic E-state index is 6.43. The first kappa shape index (κ1) is 19.2. The molecular weight excluding hydrogens is 407 g/mol. The van der Waals surface area contributed by atoms with Gasteiger partial charge < -0.3 is 13.7 Å². The van der Waals surface area contributed by atoms with Gasteiger partial charge in [-0.1, -0.05) is 48.0 Å². The summed E-state index contributed by atoms with van der Waals surface area (Å²) in [6.45, 7) is 8.26. The van der Waals surface area contributed by atoms with E-state index >= 15 is 0 Å².